The maximum absolute atomic E-state index is 8.64. The minimum atomic E-state index is -1.19. The molecule has 1 heterocycles. The second-order valence-corrected chi connectivity index (χ2v) is 10.8. The molecule has 0 amide bonds. The van der Waals surface area contributed by atoms with E-state index in [4.69, 9.17) is 5.26 Å². The number of nitriles is 1. The van der Waals surface area contributed by atoms with E-state index in [1.165, 1.54) is 38.3 Å². The van der Waals surface area contributed by atoms with Crippen LogP contribution in [0.3, 0.4) is 0 Å². The van der Waals surface area contributed by atoms with Gasteiger partial charge in [-0.05, 0) is 6.04 Å². The van der Waals surface area contributed by atoms with Gasteiger partial charge in [0, 0.05) is 32.7 Å². The average Bonchev–Trinajstić information content (AvgIpc) is 2.81. The average molecular weight is 267 g/mol. The first-order chi connectivity index (χ1) is 8.60. The molecule has 1 fully saturated rings. The molecule has 1 aliphatic rings. The van der Waals surface area contributed by atoms with Gasteiger partial charge in [-0.2, -0.15) is 5.26 Å². The molecular formula is C14H29N3Si. The summed E-state index contributed by atoms with van der Waals surface area (Å²) in [7, 11) is -1.19. The summed E-state index contributed by atoms with van der Waals surface area (Å²) in [5.74, 6) is 0. The molecule has 0 N–H and O–H groups in total. The van der Waals surface area contributed by atoms with Crippen molar-refractivity contribution in [3.63, 3.8) is 0 Å². The summed E-state index contributed by atoms with van der Waals surface area (Å²) in [4.78, 5) is 2.43. The van der Waals surface area contributed by atoms with Crippen molar-refractivity contribution < 1.29 is 0 Å². The van der Waals surface area contributed by atoms with Gasteiger partial charge < -0.3 is 4.57 Å². The van der Waals surface area contributed by atoms with Crippen molar-refractivity contribution in [3.05, 3.63) is 0 Å². The van der Waals surface area contributed by atoms with Gasteiger partial charge >= 0.3 is 0 Å². The summed E-state index contributed by atoms with van der Waals surface area (Å²) in [5.41, 5.74) is 0. The Morgan fingerprint density at radius 2 is 1.94 bits per heavy atom. The summed E-state index contributed by atoms with van der Waals surface area (Å²) in [6.07, 6.45) is 6.19. The molecule has 0 aromatic carbocycles. The minimum Gasteiger partial charge on any atom is -0.310 e. The molecule has 1 rings (SSSR count). The highest BCUT2D eigenvalue weighted by Crippen LogP contribution is 2.22. The van der Waals surface area contributed by atoms with Crippen molar-refractivity contribution in [2.24, 2.45) is 0 Å². The standard InChI is InChI=1S/C14H29N3Si/c1-4-5-6-7-13-18(2,3)17-12-11-16(14-17)10-8-9-15/h4-8,10-14H2,1-3H3. The normalized spacial score (nSPS) is 18.1. The van der Waals surface area contributed by atoms with Crippen molar-refractivity contribution in [2.45, 2.75) is 58.2 Å². The number of nitrogens with zero attached hydrogens (tertiary/aromatic N) is 3. The third-order valence-electron chi connectivity index (χ3n) is 4.09. The van der Waals surface area contributed by atoms with E-state index in [1.807, 2.05) is 0 Å². The molecule has 0 saturated carbocycles. The van der Waals surface area contributed by atoms with Gasteiger partial charge in [0.15, 0.2) is 0 Å². The van der Waals surface area contributed by atoms with Crippen LogP contribution in [0.1, 0.15) is 39.0 Å². The van der Waals surface area contributed by atoms with Crippen LogP contribution in [0.5, 0.6) is 0 Å². The maximum atomic E-state index is 8.64. The van der Waals surface area contributed by atoms with E-state index in [0.29, 0.717) is 6.42 Å². The number of hydrogen-bond donors (Lipinski definition) is 0. The Balaban J connectivity index is 2.28. The van der Waals surface area contributed by atoms with Gasteiger partial charge in [0.05, 0.1) is 6.07 Å². The van der Waals surface area contributed by atoms with Crippen LogP contribution >= 0.6 is 0 Å². The van der Waals surface area contributed by atoms with Crippen molar-refractivity contribution >= 4 is 8.24 Å². The number of hydrogen-bond acceptors (Lipinski definition) is 3. The van der Waals surface area contributed by atoms with Crippen molar-refractivity contribution in [2.75, 3.05) is 26.3 Å². The SMILES string of the molecule is CCCCCC[Si](C)(C)N1CCN(CCC#N)C1. The highest BCUT2D eigenvalue weighted by molar-refractivity contribution is 6.74. The lowest BCUT2D eigenvalue weighted by atomic mass is 10.2. The quantitative estimate of drug-likeness (QED) is 0.499. The van der Waals surface area contributed by atoms with Crippen LogP contribution in [0.15, 0.2) is 0 Å². The van der Waals surface area contributed by atoms with Gasteiger partial charge in [0.1, 0.15) is 8.24 Å². The monoisotopic (exact) mass is 267 g/mol. The second-order valence-electron chi connectivity index (χ2n) is 6.05. The van der Waals surface area contributed by atoms with Gasteiger partial charge in [-0.15, -0.1) is 0 Å². The zero-order valence-electron chi connectivity index (χ0n) is 12.4. The lowest BCUT2D eigenvalue weighted by Crippen LogP contribution is -2.47. The van der Waals surface area contributed by atoms with Crippen LogP contribution in [0, 0.1) is 11.3 Å². The molecule has 1 saturated heterocycles. The predicted octanol–water partition coefficient (Wildman–Crippen LogP) is 3.26. The summed E-state index contributed by atoms with van der Waals surface area (Å²) in [6.45, 7) is 11.7. The lowest BCUT2D eigenvalue weighted by Gasteiger charge is -2.33. The first-order valence-electron chi connectivity index (χ1n) is 7.44. The molecule has 4 heteroatoms. The Morgan fingerprint density at radius 3 is 2.61 bits per heavy atom. The lowest BCUT2D eigenvalue weighted by molar-refractivity contribution is 0.307. The van der Waals surface area contributed by atoms with Crippen molar-refractivity contribution in [1.82, 2.24) is 9.47 Å². The largest absolute Gasteiger partial charge is 0.310 e. The molecule has 0 radical (unpaired) electrons. The van der Waals surface area contributed by atoms with Gasteiger partial charge in [0.2, 0.25) is 0 Å². The topological polar surface area (TPSA) is 30.3 Å². The van der Waals surface area contributed by atoms with Gasteiger partial charge in [-0.25, -0.2) is 0 Å². The number of rotatable bonds is 8. The van der Waals surface area contributed by atoms with Crippen LogP contribution in [0.2, 0.25) is 19.1 Å². The fourth-order valence-electron chi connectivity index (χ4n) is 2.67. The third-order valence-corrected chi connectivity index (χ3v) is 7.75. The third kappa shape index (κ3) is 5.09. The fourth-order valence-corrected chi connectivity index (χ4v) is 5.39. The van der Waals surface area contributed by atoms with Crippen molar-refractivity contribution in [1.29, 1.82) is 5.26 Å². The molecule has 18 heavy (non-hydrogen) atoms. The fraction of sp³-hybridized carbons (Fsp3) is 0.929. The first kappa shape index (κ1) is 15.7. The second kappa shape index (κ2) is 7.93. The zero-order valence-corrected chi connectivity index (χ0v) is 13.4. The summed E-state index contributed by atoms with van der Waals surface area (Å²) < 4.78 is 2.72. The predicted molar refractivity (Wildman–Crippen MR) is 79.8 cm³/mol. The maximum Gasteiger partial charge on any atom is 0.123 e. The zero-order chi connectivity index (χ0) is 13.4. The van der Waals surface area contributed by atoms with E-state index in [2.05, 4.69) is 35.6 Å². The van der Waals surface area contributed by atoms with E-state index in [0.717, 1.165) is 19.8 Å². The Labute approximate surface area is 114 Å². The van der Waals surface area contributed by atoms with Crippen molar-refractivity contribution in [3.8, 4) is 6.07 Å². The smallest absolute Gasteiger partial charge is 0.123 e. The van der Waals surface area contributed by atoms with E-state index in [-0.39, 0.29) is 0 Å². The van der Waals surface area contributed by atoms with E-state index in [9.17, 15) is 0 Å². The molecule has 1 aliphatic heterocycles. The van der Waals surface area contributed by atoms with Gasteiger partial charge in [0.25, 0.3) is 0 Å². The molecule has 104 valence electrons. The summed E-state index contributed by atoms with van der Waals surface area (Å²) >= 11 is 0. The summed E-state index contributed by atoms with van der Waals surface area (Å²) in [5, 5.41) is 8.64. The molecule has 3 nitrogen and oxygen atoms in total. The van der Waals surface area contributed by atoms with E-state index in [1.54, 1.807) is 0 Å². The van der Waals surface area contributed by atoms with E-state index < -0.39 is 8.24 Å². The molecule has 0 unspecified atom stereocenters. The Bertz CT molecular complexity index is 273. The van der Waals surface area contributed by atoms with Crippen LogP contribution in [0.25, 0.3) is 0 Å². The van der Waals surface area contributed by atoms with Gasteiger partial charge in [-0.3, -0.25) is 4.90 Å². The van der Waals surface area contributed by atoms with E-state index >= 15 is 0 Å². The van der Waals surface area contributed by atoms with Crippen LogP contribution in [-0.2, 0) is 0 Å². The highest BCUT2D eigenvalue weighted by atomic mass is 28.3. The molecular weight excluding hydrogens is 238 g/mol. The highest BCUT2D eigenvalue weighted by Gasteiger charge is 2.33. The van der Waals surface area contributed by atoms with Crippen LogP contribution in [-0.4, -0.2) is 44.0 Å². The first-order valence-corrected chi connectivity index (χ1v) is 10.6. The minimum absolute atomic E-state index is 0.673. The number of unbranched alkanes of at least 4 members (excludes halogenated alkanes) is 3. The Kier molecular flexibility index (Phi) is 6.91. The van der Waals surface area contributed by atoms with Crippen LogP contribution < -0.4 is 0 Å². The molecule has 0 spiro atoms. The van der Waals surface area contributed by atoms with Gasteiger partial charge in [-0.1, -0.05) is 45.7 Å². The Hall–Kier alpha value is -0.373. The molecule has 0 aliphatic carbocycles. The van der Waals surface area contributed by atoms with Crippen LogP contribution in [0.4, 0.5) is 0 Å². The molecule has 0 aromatic heterocycles. The Morgan fingerprint density at radius 1 is 1.17 bits per heavy atom. The molecule has 0 bridgehead atoms. The summed E-state index contributed by atoms with van der Waals surface area (Å²) in [6, 6.07) is 3.68. The molecule has 0 atom stereocenters. The molecule has 0 aromatic rings.